The lowest BCUT2D eigenvalue weighted by atomic mass is 9.75. The van der Waals surface area contributed by atoms with Gasteiger partial charge in [-0.2, -0.15) is 12.6 Å². The van der Waals surface area contributed by atoms with Crippen LogP contribution in [0.4, 0.5) is 0 Å². The van der Waals surface area contributed by atoms with Crippen molar-refractivity contribution in [2.75, 3.05) is 32.2 Å². The molecular formula is C18H32O6S. The first-order valence-electron chi connectivity index (χ1n) is 8.87. The minimum absolute atomic E-state index is 0.173. The van der Waals surface area contributed by atoms with Crippen molar-refractivity contribution in [3.05, 3.63) is 0 Å². The van der Waals surface area contributed by atoms with E-state index in [9.17, 15) is 9.59 Å². The summed E-state index contributed by atoms with van der Waals surface area (Å²) in [5, 5.41) is 0. The van der Waals surface area contributed by atoms with Gasteiger partial charge < -0.3 is 18.9 Å². The van der Waals surface area contributed by atoms with E-state index in [2.05, 4.69) is 12.6 Å². The van der Waals surface area contributed by atoms with Gasteiger partial charge >= 0.3 is 11.9 Å². The maximum absolute atomic E-state index is 12.4. The molecule has 1 saturated heterocycles. The number of rotatable bonds is 10. The average molecular weight is 377 g/mol. The fourth-order valence-electron chi connectivity index (χ4n) is 2.93. The molecule has 0 aromatic carbocycles. The van der Waals surface area contributed by atoms with Gasteiger partial charge in [-0.05, 0) is 53.4 Å². The number of thiol groups is 1. The third kappa shape index (κ3) is 7.96. The van der Waals surface area contributed by atoms with Gasteiger partial charge in [0.25, 0.3) is 0 Å². The van der Waals surface area contributed by atoms with E-state index in [0.717, 1.165) is 25.9 Å². The van der Waals surface area contributed by atoms with Crippen LogP contribution in [0.3, 0.4) is 0 Å². The van der Waals surface area contributed by atoms with Crippen molar-refractivity contribution in [3.63, 3.8) is 0 Å². The highest BCUT2D eigenvalue weighted by Crippen LogP contribution is 2.35. The second kappa shape index (κ2) is 10.4. The molecule has 1 unspecified atom stereocenters. The second-order valence-electron chi connectivity index (χ2n) is 7.61. The van der Waals surface area contributed by atoms with Crippen LogP contribution in [-0.4, -0.2) is 50.4 Å². The van der Waals surface area contributed by atoms with Crippen molar-refractivity contribution in [1.82, 2.24) is 0 Å². The van der Waals surface area contributed by atoms with Crippen LogP contribution in [0.1, 0.15) is 53.4 Å². The molecule has 1 fully saturated rings. The molecule has 0 aliphatic carbocycles. The Bertz CT molecular complexity index is 429. The summed E-state index contributed by atoms with van der Waals surface area (Å²) in [7, 11) is 0. The molecule has 0 spiro atoms. The lowest BCUT2D eigenvalue weighted by molar-refractivity contribution is -0.178. The van der Waals surface area contributed by atoms with Crippen molar-refractivity contribution in [2.45, 2.75) is 59.7 Å². The maximum Gasteiger partial charge on any atom is 0.311 e. The largest absolute Gasteiger partial charge is 0.464 e. The van der Waals surface area contributed by atoms with Gasteiger partial charge in [0, 0.05) is 12.4 Å². The maximum atomic E-state index is 12.4. The molecular weight excluding hydrogens is 344 g/mol. The van der Waals surface area contributed by atoms with Crippen molar-refractivity contribution in [3.8, 4) is 0 Å². The SMILES string of the molecule is CC(C)(CC(C)(C)C(=O)OCCOC1CCCCO1)C(=O)OCCS. The molecule has 0 aromatic heterocycles. The Kier molecular flexibility index (Phi) is 9.24. The Balaban J connectivity index is 2.37. The smallest absolute Gasteiger partial charge is 0.311 e. The van der Waals surface area contributed by atoms with Crippen LogP contribution >= 0.6 is 12.6 Å². The topological polar surface area (TPSA) is 71.1 Å². The first kappa shape index (κ1) is 22.3. The number of carbonyl (C=O) groups is 2. The molecule has 1 aliphatic heterocycles. The Morgan fingerprint density at radius 2 is 1.60 bits per heavy atom. The molecule has 25 heavy (non-hydrogen) atoms. The fourth-order valence-corrected chi connectivity index (χ4v) is 3.03. The third-order valence-electron chi connectivity index (χ3n) is 4.07. The number of hydrogen-bond acceptors (Lipinski definition) is 7. The summed E-state index contributed by atoms with van der Waals surface area (Å²) in [5.41, 5.74) is -1.58. The van der Waals surface area contributed by atoms with Gasteiger partial charge in [0.1, 0.15) is 13.2 Å². The standard InChI is InChI=1S/C18H32O6S/c1-17(2,13-18(3,4)16(20)24-11-12-25)15(19)23-10-9-22-14-7-5-6-8-21-14/h14,25H,5-13H2,1-4H3. The second-order valence-corrected chi connectivity index (χ2v) is 8.05. The number of hydrogen-bond donors (Lipinski definition) is 1. The third-order valence-corrected chi connectivity index (χ3v) is 4.25. The first-order valence-corrected chi connectivity index (χ1v) is 9.51. The molecule has 1 rings (SSSR count). The summed E-state index contributed by atoms with van der Waals surface area (Å²) in [4.78, 5) is 24.5. The van der Waals surface area contributed by atoms with Gasteiger partial charge in [-0.1, -0.05) is 0 Å². The van der Waals surface area contributed by atoms with E-state index in [1.54, 1.807) is 27.7 Å². The quantitative estimate of drug-likeness (QED) is 0.359. The zero-order valence-electron chi connectivity index (χ0n) is 15.8. The van der Waals surface area contributed by atoms with E-state index >= 15 is 0 Å². The van der Waals surface area contributed by atoms with E-state index in [4.69, 9.17) is 18.9 Å². The molecule has 1 aliphatic rings. The minimum atomic E-state index is -0.801. The van der Waals surface area contributed by atoms with Gasteiger partial charge in [-0.3, -0.25) is 9.59 Å². The number of esters is 2. The van der Waals surface area contributed by atoms with Crippen LogP contribution in [0.15, 0.2) is 0 Å². The fraction of sp³-hybridized carbons (Fsp3) is 0.889. The van der Waals surface area contributed by atoms with E-state index < -0.39 is 10.8 Å². The van der Waals surface area contributed by atoms with Crippen molar-refractivity contribution in [2.24, 2.45) is 10.8 Å². The highest BCUT2D eigenvalue weighted by molar-refractivity contribution is 7.80. The molecule has 0 aromatic rings. The van der Waals surface area contributed by atoms with Crippen molar-refractivity contribution < 1.29 is 28.5 Å². The van der Waals surface area contributed by atoms with E-state index in [1.807, 2.05) is 0 Å². The van der Waals surface area contributed by atoms with Crippen LogP contribution in [0, 0.1) is 10.8 Å². The monoisotopic (exact) mass is 376 g/mol. The molecule has 1 heterocycles. The Hall–Kier alpha value is -0.790. The lowest BCUT2D eigenvalue weighted by Crippen LogP contribution is -2.37. The van der Waals surface area contributed by atoms with Gasteiger partial charge in [0.05, 0.1) is 17.4 Å². The zero-order valence-corrected chi connectivity index (χ0v) is 16.7. The van der Waals surface area contributed by atoms with Crippen molar-refractivity contribution in [1.29, 1.82) is 0 Å². The Morgan fingerprint density at radius 1 is 1.00 bits per heavy atom. The summed E-state index contributed by atoms with van der Waals surface area (Å²) in [5.74, 6) is -0.214. The van der Waals surface area contributed by atoms with Crippen LogP contribution in [0.5, 0.6) is 0 Å². The van der Waals surface area contributed by atoms with Crippen LogP contribution in [-0.2, 0) is 28.5 Å². The van der Waals surface area contributed by atoms with Gasteiger partial charge in [-0.25, -0.2) is 0 Å². The molecule has 0 saturated carbocycles. The summed E-state index contributed by atoms with van der Waals surface area (Å²) in [6.45, 7) is 8.54. The summed E-state index contributed by atoms with van der Waals surface area (Å²) >= 11 is 4.02. The van der Waals surface area contributed by atoms with Gasteiger partial charge in [0.15, 0.2) is 6.29 Å². The molecule has 7 heteroatoms. The highest BCUT2D eigenvalue weighted by atomic mass is 32.1. The summed E-state index contributed by atoms with van der Waals surface area (Å²) in [6.07, 6.45) is 3.17. The summed E-state index contributed by atoms with van der Waals surface area (Å²) in [6, 6.07) is 0. The summed E-state index contributed by atoms with van der Waals surface area (Å²) < 4.78 is 21.5. The lowest BCUT2D eigenvalue weighted by Gasteiger charge is -2.31. The van der Waals surface area contributed by atoms with Crippen LogP contribution < -0.4 is 0 Å². The zero-order chi connectivity index (χ0) is 18.9. The average Bonchev–Trinajstić information content (AvgIpc) is 2.56. The molecule has 0 amide bonds. The number of carbonyl (C=O) groups excluding carboxylic acids is 2. The Morgan fingerprint density at radius 3 is 2.12 bits per heavy atom. The molecule has 0 bridgehead atoms. The molecule has 1 atom stereocenters. The Labute approximate surface area is 156 Å². The molecule has 0 radical (unpaired) electrons. The molecule has 6 nitrogen and oxygen atoms in total. The normalized spacial score (nSPS) is 18.7. The van der Waals surface area contributed by atoms with Gasteiger partial charge in [0.2, 0.25) is 0 Å². The molecule has 0 N–H and O–H groups in total. The van der Waals surface area contributed by atoms with Crippen LogP contribution in [0.25, 0.3) is 0 Å². The first-order chi connectivity index (χ1) is 11.7. The minimum Gasteiger partial charge on any atom is -0.464 e. The predicted molar refractivity (Wildman–Crippen MR) is 97.5 cm³/mol. The van der Waals surface area contributed by atoms with E-state index in [1.165, 1.54) is 0 Å². The van der Waals surface area contributed by atoms with Gasteiger partial charge in [-0.15, -0.1) is 0 Å². The van der Waals surface area contributed by atoms with E-state index in [-0.39, 0.29) is 31.4 Å². The van der Waals surface area contributed by atoms with Crippen molar-refractivity contribution >= 4 is 24.6 Å². The van der Waals surface area contributed by atoms with E-state index in [0.29, 0.717) is 18.8 Å². The molecule has 146 valence electrons. The predicted octanol–water partition coefficient (Wildman–Crippen LogP) is 2.99. The van der Waals surface area contributed by atoms with Crippen LogP contribution in [0.2, 0.25) is 0 Å². The highest BCUT2D eigenvalue weighted by Gasteiger charge is 2.40. The number of ether oxygens (including phenoxy) is 4.